The number of hydrazine groups is 1. The Kier molecular flexibility index (Phi) is 4.68. The Morgan fingerprint density at radius 2 is 2.00 bits per heavy atom. The second kappa shape index (κ2) is 7.28. The summed E-state index contributed by atoms with van der Waals surface area (Å²) >= 11 is 0. The van der Waals surface area contributed by atoms with Gasteiger partial charge in [0.05, 0.1) is 22.9 Å². The summed E-state index contributed by atoms with van der Waals surface area (Å²) in [5, 5.41) is 10.3. The fourth-order valence-corrected chi connectivity index (χ4v) is 3.08. The van der Waals surface area contributed by atoms with E-state index in [2.05, 4.69) is 16.5 Å². The third-order valence-electron chi connectivity index (χ3n) is 5.09. The van der Waals surface area contributed by atoms with E-state index in [1.165, 1.54) is 11.4 Å². The number of carbonyl (C=O) groups is 1. The average molecular weight is 362 g/mol. The average Bonchev–Trinajstić information content (AvgIpc) is 3.50. The van der Waals surface area contributed by atoms with Gasteiger partial charge in [0.15, 0.2) is 0 Å². The molecule has 0 bridgehead atoms. The molecule has 0 radical (unpaired) electrons. The molecule has 1 aromatic heterocycles. The van der Waals surface area contributed by atoms with Crippen molar-refractivity contribution in [3.05, 3.63) is 53.2 Å². The van der Waals surface area contributed by atoms with Crippen molar-refractivity contribution < 1.29 is 9.53 Å². The second-order valence-corrected chi connectivity index (χ2v) is 7.23. The highest BCUT2D eigenvalue weighted by Crippen LogP contribution is 2.44. The lowest BCUT2D eigenvalue weighted by atomic mass is 9.96. The van der Waals surface area contributed by atoms with Crippen molar-refractivity contribution in [2.45, 2.75) is 44.1 Å². The summed E-state index contributed by atoms with van der Waals surface area (Å²) in [4.78, 5) is 17.3. The van der Waals surface area contributed by atoms with Crippen molar-refractivity contribution >= 4 is 11.6 Å². The van der Waals surface area contributed by atoms with Crippen molar-refractivity contribution in [2.24, 2.45) is 0 Å². The Balaban J connectivity index is 1.48. The molecule has 27 heavy (non-hydrogen) atoms. The number of amides is 1. The lowest BCUT2D eigenvalue weighted by Gasteiger charge is -2.27. The van der Waals surface area contributed by atoms with E-state index in [0.29, 0.717) is 22.9 Å². The minimum Gasteiger partial charge on any atom is -0.474 e. The number of rotatable bonds is 6. The number of pyridine rings is 1. The Labute approximate surface area is 158 Å². The number of benzene rings is 1. The van der Waals surface area contributed by atoms with Gasteiger partial charge < -0.3 is 4.74 Å². The van der Waals surface area contributed by atoms with Gasteiger partial charge in [-0.05, 0) is 68.4 Å². The van der Waals surface area contributed by atoms with Crippen LogP contribution in [0.3, 0.4) is 0 Å². The van der Waals surface area contributed by atoms with Crippen LogP contribution in [-0.4, -0.2) is 29.1 Å². The first-order valence-electron chi connectivity index (χ1n) is 9.35. The zero-order chi connectivity index (χ0) is 18.8. The highest BCUT2D eigenvalue weighted by atomic mass is 16.5. The third-order valence-corrected chi connectivity index (χ3v) is 5.09. The summed E-state index contributed by atoms with van der Waals surface area (Å²) in [7, 11) is 1.68. The van der Waals surface area contributed by atoms with Crippen LogP contribution < -0.4 is 10.2 Å². The van der Waals surface area contributed by atoms with Crippen molar-refractivity contribution in [2.75, 3.05) is 12.5 Å². The summed E-state index contributed by atoms with van der Waals surface area (Å²) in [5.74, 6) is 0.988. The summed E-state index contributed by atoms with van der Waals surface area (Å²) in [6.07, 6.45) is 7.51. The number of aromatic nitrogens is 1. The molecule has 1 amide bonds. The molecule has 4 rings (SSSR count). The number of nitrogens with one attached hydrogen (secondary N) is 1. The van der Waals surface area contributed by atoms with Crippen LogP contribution in [0.15, 0.2) is 36.5 Å². The van der Waals surface area contributed by atoms with Crippen LogP contribution in [0.25, 0.3) is 0 Å². The lowest BCUT2D eigenvalue weighted by molar-refractivity contribution is 0.0825. The first kappa shape index (κ1) is 17.3. The predicted molar refractivity (Wildman–Crippen MR) is 101 cm³/mol. The molecule has 0 atom stereocenters. The summed E-state index contributed by atoms with van der Waals surface area (Å²) in [6.45, 7) is 0. The summed E-state index contributed by atoms with van der Waals surface area (Å²) in [5.41, 5.74) is 5.95. The normalized spacial score (nSPS) is 16.1. The van der Waals surface area contributed by atoms with Gasteiger partial charge in [0.2, 0.25) is 5.88 Å². The highest BCUT2D eigenvalue weighted by Gasteiger charge is 2.31. The number of nitrogens with zero attached hydrogens (tertiary/aromatic N) is 3. The van der Waals surface area contributed by atoms with Crippen LogP contribution in [0.4, 0.5) is 5.69 Å². The van der Waals surface area contributed by atoms with E-state index >= 15 is 0 Å². The van der Waals surface area contributed by atoms with E-state index in [1.807, 2.05) is 6.07 Å². The van der Waals surface area contributed by atoms with Crippen LogP contribution in [0, 0.1) is 11.3 Å². The van der Waals surface area contributed by atoms with Gasteiger partial charge >= 0.3 is 0 Å². The van der Waals surface area contributed by atoms with E-state index in [9.17, 15) is 4.79 Å². The number of nitriles is 1. The molecule has 0 aliphatic heterocycles. The monoisotopic (exact) mass is 362 g/mol. The molecule has 2 fully saturated rings. The van der Waals surface area contributed by atoms with Crippen LogP contribution in [0.1, 0.15) is 59.5 Å². The van der Waals surface area contributed by atoms with E-state index in [0.717, 1.165) is 36.9 Å². The maximum Gasteiger partial charge on any atom is 0.273 e. The van der Waals surface area contributed by atoms with Crippen molar-refractivity contribution in [1.29, 1.82) is 5.26 Å². The van der Waals surface area contributed by atoms with Crippen molar-refractivity contribution in [3.8, 4) is 11.9 Å². The summed E-state index contributed by atoms with van der Waals surface area (Å²) < 4.78 is 6.02. The standard InChI is InChI=1S/C21H22N4O2/c1-25(24-17-9-5-14(12-22)6-10-17)21(26)16-11-19(15-7-8-15)20(23-13-16)27-18-3-2-4-18/h5-6,9-11,13,15,18,24H,2-4,7-8H2,1H3. The fourth-order valence-electron chi connectivity index (χ4n) is 3.08. The number of ether oxygens (including phenoxy) is 1. The van der Waals surface area contributed by atoms with E-state index in [4.69, 9.17) is 10.00 Å². The first-order chi connectivity index (χ1) is 13.1. The Bertz CT molecular complexity index is 880. The number of hydrogen-bond donors (Lipinski definition) is 1. The second-order valence-electron chi connectivity index (χ2n) is 7.23. The molecule has 2 aliphatic carbocycles. The van der Waals surface area contributed by atoms with Gasteiger partial charge in [0, 0.05) is 18.8 Å². The predicted octanol–water partition coefficient (Wildman–Crippen LogP) is 3.86. The van der Waals surface area contributed by atoms with Gasteiger partial charge in [-0.25, -0.2) is 4.98 Å². The molecular formula is C21H22N4O2. The van der Waals surface area contributed by atoms with Crippen molar-refractivity contribution in [1.82, 2.24) is 9.99 Å². The molecule has 2 aliphatic rings. The van der Waals surface area contributed by atoms with E-state index < -0.39 is 0 Å². The minimum atomic E-state index is -0.163. The maximum atomic E-state index is 12.8. The van der Waals surface area contributed by atoms with Gasteiger partial charge in [-0.2, -0.15) is 5.26 Å². The minimum absolute atomic E-state index is 0.163. The zero-order valence-electron chi connectivity index (χ0n) is 15.3. The third kappa shape index (κ3) is 3.87. The quantitative estimate of drug-likeness (QED) is 0.790. The number of hydrogen-bond acceptors (Lipinski definition) is 5. The van der Waals surface area contributed by atoms with Gasteiger partial charge in [-0.1, -0.05) is 0 Å². The van der Waals surface area contributed by atoms with Gasteiger partial charge in [-0.15, -0.1) is 0 Å². The first-order valence-corrected chi connectivity index (χ1v) is 9.35. The number of carbonyl (C=O) groups excluding carboxylic acids is 1. The fraction of sp³-hybridized carbons (Fsp3) is 0.381. The molecule has 6 heteroatoms. The number of anilines is 1. The smallest absolute Gasteiger partial charge is 0.273 e. The van der Waals surface area contributed by atoms with Crippen LogP contribution in [0.2, 0.25) is 0 Å². The molecular weight excluding hydrogens is 340 g/mol. The molecule has 0 spiro atoms. The molecule has 138 valence electrons. The Morgan fingerprint density at radius 3 is 2.59 bits per heavy atom. The molecule has 1 aromatic carbocycles. The topological polar surface area (TPSA) is 78.3 Å². The molecule has 1 N–H and O–H groups in total. The van der Waals surface area contributed by atoms with Crippen LogP contribution in [-0.2, 0) is 0 Å². The molecule has 2 saturated carbocycles. The Morgan fingerprint density at radius 1 is 1.26 bits per heavy atom. The van der Waals surface area contributed by atoms with Gasteiger partial charge in [0.25, 0.3) is 5.91 Å². The van der Waals surface area contributed by atoms with Gasteiger partial charge in [0.1, 0.15) is 6.10 Å². The zero-order valence-corrected chi connectivity index (χ0v) is 15.3. The Hall–Kier alpha value is -3.07. The molecule has 0 saturated heterocycles. The van der Waals surface area contributed by atoms with E-state index in [1.54, 1.807) is 37.5 Å². The molecule has 2 aromatic rings. The van der Waals surface area contributed by atoms with Gasteiger partial charge in [-0.3, -0.25) is 15.2 Å². The summed E-state index contributed by atoms with van der Waals surface area (Å²) in [6, 6.07) is 11.0. The maximum absolute atomic E-state index is 12.8. The highest BCUT2D eigenvalue weighted by molar-refractivity contribution is 5.94. The molecule has 0 unspecified atom stereocenters. The van der Waals surface area contributed by atoms with E-state index in [-0.39, 0.29) is 12.0 Å². The van der Waals surface area contributed by atoms with Crippen LogP contribution in [0.5, 0.6) is 5.88 Å². The SMILES string of the molecule is CN(Nc1ccc(C#N)cc1)C(=O)c1cnc(OC2CCC2)c(C2CC2)c1. The van der Waals surface area contributed by atoms with Crippen LogP contribution >= 0.6 is 0 Å². The largest absolute Gasteiger partial charge is 0.474 e. The molecule has 6 nitrogen and oxygen atoms in total. The lowest BCUT2D eigenvalue weighted by Crippen LogP contribution is -2.32. The van der Waals surface area contributed by atoms with Crippen molar-refractivity contribution in [3.63, 3.8) is 0 Å². The molecule has 1 heterocycles.